The van der Waals surface area contributed by atoms with Crippen LogP contribution in [0.1, 0.15) is 17.0 Å². The first kappa shape index (κ1) is 14.5. The fraction of sp³-hybridized carbons (Fsp3) is 0.176. The number of rotatable bonds is 4. The summed E-state index contributed by atoms with van der Waals surface area (Å²) in [6, 6.07) is 16.4. The third kappa shape index (κ3) is 2.94. The van der Waals surface area contributed by atoms with Crippen molar-refractivity contribution < 1.29 is 0 Å². The molecule has 2 N–H and O–H groups in total. The summed E-state index contributed by atoms with van der Waals surface area (Å²) in [5.41, 5.74) is 4.50. The van der Waals surface area contributed by atoms with Gasteiger partial charge in [0.2, 0.25) is 0 Å². The Labute approximate surface area is 134 Å². The van der Waals surface area contributed by atoms with E-state index >= 15 is 0 Å². The minimum absolute atomic E-state index is 0.602. The average molecular weight is 310 g/mol. The molecule has 0 saturated heterocycles. The fourth-order valence-electron chi connectivity index (χ4n) is 2.39. The first-order valence-electron chi connectivity index (χ1n) is 7.18. The summed E-state index contributed by atoms with van der Waals surface area (Å²) in [4.78, 5) is 0. The molecule has 0 radical (unpaired) electrons. The first-order valence-corrected chi connectivity index (χ1v) is 7.59. The van der Waals surface area contributed by atoms with Gasteiger partial charge in [-0.15, -0.1) is 0 Å². The fourth-order valence-corrected chi connectivity index (χ4v) is 2.64. The zero-order chi connectivity index (χ0) is 15.5. The average Bonchev–Trinajstić information content (AvgIpc) is 2.89. The van der Waals surface area contributed by atoms with Crippen molar-refractivity contribution in [1.29, 1.82) is 0 Å². The maximum Gasteiger partial charge on any atom is 0.199 e. The highest BCUT2D eigenvalue weighted by Gasteiger charge is 2.10. The maximum atomic E-state index is 5.41. The number of nitrogens with zero attached hydrogens (tertiary/aromatic N) is 2. The molecule has 0 aliphatic heterocycles. The van der Waals surface area contributed by atoms with Crippen LogP contribution in [0.25, 0.3) is 5.69 Å². The molecule has 3 aromatic rings. The van der Waals surface area contributed by atoms with Gasteiger partial charge in [-0.25, -0.2) is 0 Å². The number of nitrogens with one attached hydrogen (secondary N) is 2. The second kappa shape index (κ2) is 6.15. The topological polar surface area (TPSA) is 45.6 Å². The molecule has 4 nitrogen and oxygen atoms in total. The summed E-state index contributed by atoms with van der Waals surface area (Å²) < 4.78 is 2.60. The SMILES string of the molecule is Cc1ccc(C)c(-n2c(CNc3ccccc3)n[nH]c2=S)c1. The monoisotopic (exact) mass is 310 g/mol. The highest BCUT2D eigenvalue weighted by Crippen LogP contribution is 2.18. The molecule has 0 amide bonds. The number of para-hydroxylation sites is 1. The minimum atomic E-state index is 0.602. The van der Waals surface area contributed by atoms with E-state index in [9.17, 15) is 0 Å². The van der Waals surface area contributed by atoms with E-state index in [1.807, 2.05) is 34.9 Å². The van der Waals surface area contributed by atoms with Gasteiger partial charge in [-0.1, -0.05) is 30.3 Å². The van der Waals surface area contributed by atoms with Gasteiger partial charge >= 0.3 is 0 Å². The number of hydrogen-bond acceptors (Lipinski definition) is 3. The quantitative estimate of drug-likeness (QED) is 0.711. The lowest BCUT2D eigenvalue weighted by Gasteiger charge is -2.12. The van der Waals surface area contributed by atoms with Crippen molar-refractivity contribution in [3.8, 4) is 5.69 Å². The number of benzene rings is 2. The van der Waals surface area contributed by atoms with Crippen LogP contribution in [0.15, 0.2) is 48.5 Å². The van der Waals surface area contributed by atoms with Gasteiger partial charge in [0.15, 0.2) is 10.6 Å². The molecule has 0 saturated carbocycles. The summed E-state index contributed by atoms with van der Waals surface area (Å²) in [6.45, 7) is 4.76. The van der Waals surface area contributed by atoms with Gasteiger partial charge in [0.25, 0.3) is 0 Å². The number of aromatic nitrogens is 3. The summed E-state index contributed by atoms with van der Waals surface area (Å²) in [6.07, 6.45) is 0. The third-order valence-corrected chi connectivity index (χ3v) is 3.85. The number of hydrogen-bond donors (Lipinski definition) is 2. The normalized spacial score (nSPS) is 10.6. The molecule has 0 aliphatic rings. The Morgan fingerprint density at radius 3 is 2.68 bits per heavy atom. The van der Waals surface area contributed by atoms with Gasteiger partial charge < -0.3 is 5.32 Å². The molecule has 0 unspecified atom stereocenters. The zero-order valence-corrected chi connectivity index (χ0v) is 13.4. The van der Waals surface area contributed by atoms with E-state index in [0.29, 0.717) is 11.3 Å². The molecule has 0 fully saturated rings. The molecule has 1 aromatic heterocycles. The van der Waals surface area contributed by atoms with Crippen molar-refractivity contribution in [2.45, 2.75) is 20.4 Å². The third-order valence-electron chi connectivity index (χ3n) is 3.57. The highest BCUT2D eigenvalue weighted by molar-refractivity contribution is 7.71. The van der Waals surface area contributed by atoms with Crippen LogP contribution in [0.4, 0.5) is 5.69 Å². The predicted molar refractivity (Wildman–Crippen MR) is 92.0 cm³/mol. The highest BCUT2D eigenvalue weighted by atomic mass is 32.1. The van der Waals surface area contributed by atoms with Crippen LogP contribution in [-0.2, 0) is 6.54 Å². The van der Waals surface area contributed by atoms with E-state index in [1.54, 1.807) is 0 Å². The van der Waals surface area contributed by atoms with Crippen molar-refractivity contribution in [3.63, 3.8) is 0 Å². The maximum absolute atomic E-state index is 5.41. The Kier molecular flexibility index (Phi) is 4.06. The largest absolute Gasteiger partial charge is 0.378 e. The Hall–Kier alpha value is -2.40. The van der Waals surface area contributed by atoms with E-state index in [2.05, 4.69) is 47.6 Å². The molecular weight excluding hydrogens is 292 g/mol. The second-order valence-electron chi connectivity index (χ2n) is 5.29. The van der Waals surface area contributed by atoms with Crippen LogP contribution in [0.3, 0.4) is 0 Å². The Balaban J connectivity index is 1.94. The van der Waals surface area contributed by atoms with Gasteiger partial charge in [0, 0.05) is 5.69 Å². The van der Waals surface area contributed by atoms with Crippen LogP contribution in [0.5, 0.6) is 0 Å². The van der Waals surface area contributed by atoms with E-state index < -0.39 is 0 Å². The van der Waals surface area contributed by atoms with Crippen molar-refractivity contribution in [1.82, 2.24) is 14.8 Å². The van der Waals surface area contributed by atoms with Crippen LogP contribution in [0.2, 0.25) is 0 Å². The summed E-state index contributed by atoms with van der Waals surface area (Å²) in [5.74, 6) is 0.863. The van der Waals surface area contributed by atoms with Crippen molar-refractivity contribution in [3.05, 3.63) is 70.3 Å². The number of aromatic amines is 1. The molecule has 22 heavy (non-hydrogen) atoms. The molecule has 112 valence electrons. The van der Waals surface area contributed by atoms with E-state index in [-0.39, 0.29) is 0 Å². The summed E-state index contributed by atoms with van der Waals surface area (Å²) >= 11 is 5.41. The first-order chi connectivity index (χ1) is 10.6. The molecule has 0 spiro atoms. The van der Waals surface area contributed by atoms with E-state index in [4.69, 9.17) is 12.2 Å². The smallest absolute Gasteiger partial charge is 0.199 e. The number of anilines is 1. The number of aryl methyl sites for hydroxylation is 2. The van der Waals surface area contributed by atoms with Crippen molar-refractivity contribution in [2.75, 3.05) is 5.32 Å². The molecule has 1 heterocycles. The van der Waals surface area contributed by atoms with Crippen LogP contribution in [0, 0.1) is 18.6 Å². The molecule has 3 rings (SSSR count). The molecule has 0 atom stereocenters. The molecule has 0 aliphatic carbocycles. The van der Waals surface area contributed by atoms with Crippen molar-refractivity contribution >= 4 is 17.9 Å². The Morgan fingerprint density at radius 2 is 1.91 bits per heavy atom. The molecule has 2 aromatic carbocycles. The van der Waals surface area contributed by atoms with Gasteiger partial charge in [0.05, 0.1) is 12.2 Å². The molecule has 5 heteroatoms. The van der Waals surface area contributed by atoms with Gasteiger partial charge in [-0.3, -0.25) is 9.67 Å². The van der Waals surface area contributed by atoms with E-state index in [0.717, 1.165) is 17.2 Å². The van der Waals surface area contributed by atoms with Gasteiger partial charge in [0.1, 0.15) is 0 Å². The summed E-state index contributed by atoms with van der Waals surface area (Å²) in [7, 11) is 0. The van der Waals surface area contributed by atoms with E-state index in [1.165, 1.54) is 11.1 Å². The lowest BCUT2D eigenvalue weighted by Crippen LogP contribution is -2.08. The second-order valence-corrected chi connectivity index (χ2v) is 5.68. The lowest BCUT2D eigenvalue weighted by atomic mass is 10.1. The molecule has 0 bridgehead atoms. The summed E-state index contributed by atoms with van der Waals surface area (Å²) in [5, 5.41) is 10.6. The predicted octanol–water partition coefficient (Wildman–Crippen LogP) is 4.16. The van der Waals surface area contributed by atoms with Crippen LogP contribution < -0.4 is 5.32 Å². The minimum Gasteiger partial charge on any atom is -0.378 e. The van der Waals surface area contributed by atoms with Crippen LogP contribution >= 0.6 is 12.2 Å². The standard InChI is InChI=1S/C17H18N4S/c1-12-8-9-13(2)15(10-12)21-16(19-20-17(21)22)11-18-14-6-4-3-5-7-14/h3-10,18H,11H2,1-2H3,(H,20,22). The number of H-pyrrole nitrogens is 1. The van der Waals surface area contributed by atoms with Crippen molar-refractivity contribution in [2.24, 2.45) is 0 Å². The van der Waals surface area contributed by atoms with Gasteiger partial charge in [-0.05, 0) is 55.4 Å². The lowest BCUT2D eigenvalue weighted by molar-refractivity contribution is 0.882. The van der Waals surface area contributed by atoms with Gasteiger partial charge in [-0.2, -0.15) is 5.10 Å². The Morgan fingerprint density at radius 1 is 1.14 bits per heavy atom. The Bertz CT molecular complexity index is 833. The zero-order valence-electron chi connectivity index (χ0n) is 12.6. The van der Waals surface area contributed by atoms with Crippen LogP contribution in [-0.4, -0.2) is 14.8 Å². The molecular formula is C17H18N4S.